The molecule has 1 atom stereocenters. The third-order valence-corrected chi connectivity index (χ3v) is 6.69. The fraction of sp³-hybridized carbons (Fsp3) is 0.211. The van der Waals surface area contributed by atoms with Gasteiger partial charge in [-0.05, 0) is 30.7 Å². The number of nitrogens with zero attached hydrogens (tertiary/aromatic N) is 4. The Bertz CT molecular complexity index is 1120. The molecule has 0 fully saturated rings. The normalized spacial score (nSPS) is 22.3. The quantitative estimate of drug-likeness (QED) is 0.671. The van der Waals surface area contributed by atoms with Crippen molar-refractivity contribution < 1.29 is 22.3 Å². The third-order valence-electron chi connectivity index (χ3n) is 4.68. The first-order chi connectivity index (χ1) is 14.0. The van der Waals surface area contributed by atoms with E-state index in [1.165, 1.54) is 26.1 Å². The van der Waals surface area contributed by atoms with Crippen LogP contribution in [0.25, 0.3) is 11.9 Å². The molecular weight excluding hydrogens is 419 g/mol. The first-order valence-corrected chi connectivity index (χ1v) is 10.2. The molecule has 7 nitrogen and oxygen atoms in total. The molecule has 0 unspecified atom stereocenters. The fourth-order valence-corrected chi connectivity index (χ4v) is 4.53. The summed E-state index contributed by atoms with van der Waals surface area (Å²) in [6.07, 6.45) is 1.93. The highest BCUT2D eigenvalue weighted by molar-refractivity contribution is 8.22. The molecule has 0 aliphatic carbocycles. The van der Waals surface area contributed by atoms with E-state index in [1.807, 2.05) is 0 Å². The molecule has 1 aliphatic rings. The summed E-state index contributed by atoms with van der Waals surface area (Å²) >= 11 is 0. The van der Waals surface area contributed by atoms with Crippen molar-refractivity contribution in [2.45, 2.75) is 12.5 Å². The number of nitriles is 1. The second-order valence-electron chi connectivity index (χ2n) is 6.91. The predicted octanol–water partition coefficient (Wildman–Crippen LogP) is 3.84. The smallest absolute Gasteiger partial charge is 0.210 e. The van der Waals surface area contributed by atoms with Crippen LogP contribution in [-0.2, 0) is 5.54 Å². The van der Waals surface area contributed by atoms with E-state index in [4.69, 9.17) is 11.0 Å². The zero-order valence-electron chi connectivity index (χ0n) is 16.0. The van der Waals surface area contributed by atoms with Crippen molar-refractivity contribution in [1.82, 2.24) is 9.29 Å². The monoisotopic (exact) mass is 437 g/mol. The standard InChI is InChI=1S/C19H18F3N5O2S/c1-19(10-30(28,29)27(2)18(24)26-19)13-5-11(3-4-14(13)20)6-16(22)17-7-15(21)12(8-23)9-25-17/h3-7,9,28-29H,10H2,1-2H3,(H2,24,26)/b16-6-/t19-/m0/s1. The highest BCUT2D eigenvalue weighted by Gasteiger charge is 2.41. The van der Waals surface area contributed by atoms with Gasteiger partial charge in [-0.25, -0.2) is 22.5 Å². The topological polar surface area (TPSA) is 119 Å². The van der Waals surface area contributed by atoms with Crippen molar-refractivity contribution in [3.05, 3.63) is 64.5 Å². The van der Waals surface area contributed by atoms with Crippen LogP contribution in [0, 0.1) is 23.0 Å². The molecule has 1 aromatic carbocycles. The van der Waals surface area contributed by atoms with Crippen LogP contribution < -0.4 is 5.73 Å². The van der Waals surface area contributed by atoms with E-state index >= 15 is 0 Å². The van der Waals surface area contributed by atoms with E-state index in [-0.39, 0.29) is 34.1 Å². The fourth-order valence-electron chi connectivity index (χ4n) is 3.03. The Kier molecular flexibility index (Phi) is 5.51. The Hall–Kier alpha value is -3.07. The minimum atomic E-state index is -3.33. The van der Waals surface area contributed by atoms with Gasteiger partial charge in [-0.3, -0.25) is 14.1 Å². The highest BCUT2D eigenvalue weighted by Crippen LogP contribution is 2.51. The molecule has 0 saturated carbocycles. The molecule has 0 amide bonds. The van der Waals surface area contributed by atoms with Gasteiger partial charge in [-0.2, -0.15) is 5.26 Å². The lowest BCUT2D eigenvalue weighted by Crippen LogP contribution is -2.47. The first kappa shape index (κ1) is 21.6. The van der Waals surface area contributed by atoms with Crippen LogP contribution in [0.15, 0.2) is 35.5 Å². The summed E-state index contributed by atoms with van der Waals surface area (Å²) in [5.74, 6) is -3.00. The number of hydrogen-bond acceptors (Lipinski definition) is 7. The van der Waals surface area contributed by atoms with Gasteiger partial charge in [0.1, 0.15) is 40.3 Å². The Morgan fingerprint density at radius 2 is 2.03 bits per heavy atom. The van der Waals surface area contributed by atoms with Crippen molar-refractivity contribution in [1.29, 1.82) is 5.26 Å². The maximum Gasteiger partial charge on any atom is 0.210 e. The van der Waals surface area contributed by atoms with Gasteiger partial charge >= 0.3 is 0 Å². The third kappa shape index (κ3) is 3.97. The number of guanidine groups is 1. The summed E-state index contributed by atoms with van der Waals surface area (Å²) in [7, 11) is -1.97. The summed E-state index contributed by atoms with van der Waals surface area (Å²) in [4.78, 5) is 7.91. The number of pyridine rings is 1. The van der Waals surface area contributed by atoms with Gasteiger partial charge in [0.15, 0.2) is 0 Å². The predicted molar refractivity (Wildman–Crippen MR) is 109 cm³/mol. The van der Waals surface area contributed by atoms with Crippen LogP contribution in [0.1, 0.15) is 29.3 Å². The maximum absolute atomic E-state index is 14.6. The molecule has 0 saturated heterocycles. The van der Waals surface area contributed by atoms with Crippen LogP contribution in [-0.4, -0.2) is 37.2 Å². The van der Waals surface area contributed by atoms with Gasteiger partial charge < -0.3 is 5.73 Å². The molecule has 0 radical (unpaired) electrons. The van der Waals surface area contributed by atoms with Crippen LogP contribution in [0.5, 0.6) is 0 Å². The van der Waals surface area contributed by atoms with Crippen molar-refractivity contribution in [2.24, 2.45) is 10.7 Å². The summed E-state index contributed by atoms with van der Waals surface area (Å²) in [5.41, 5.74) is 3.90. The first-order valence-electron chi connectivity index (χ1n) is 8.55. The Balaban J connectivity index is 2.03. The summed E-state index contributed by atoms with van der Waals surface area (Å²) < 4.78 is 64.5. The molecule has 3 rings (SSSR count). The number of hydrogen-bond donors (Lipinski definition) is 3. The Morgan fingerprint density at radius 1 is 1.33 bits per heavy atom. The average Bonchev–Trinajstić information content (AvgIpc) is 2.67. The van der Waals surface area contributed by atoms with Crippen LogP contribution in [0.4, 0.5) is 13.2 Å². The van der Waals surface area contributed by atoms with Gasteiger partial charge in [0.25, 0.3) is 0 Å². The lowest BCUT2D eigenvalue weighted by Gasteiger charge is -2.49. The number of aromatic nitrogens is 1. The molecule has 30 heavy (non-hydrogen) atoms. The minimum Gasteiger partial charge on any atom is -0.369 e. The number of benzene rings is 1. The number of aliphatic imine (C=N–C) groups is 1. The molecule has 11 heteroatoms. The lowest BCUT2D eigenvalue weighted by atomic mass is 9.92. The van der Waals surface area contributed by atoms with Crippen LogP contribution in [0.3, 0.4) is 0 Å². The van der Waals surface area contributed by atoms with E-state index in [0.29, 0.717) is 0 Å². The zero-order valence-corrected chi connectivity index (χ0v) is 16.8. The Labute approximate surface area is 172 Å². The van der Waals surface area contributed by atoms with Crippen molar-refractivity contribution >= 4 is 28.6 Å². The second-order valence-corrected chi connectivity index (χ2v) is 9.01. The van der Waals surface area contributed by atoms with Gasteiger partial charge in [0.05, 0.1) is 5.75 Å². The SMILES string of the molecule is CN1C(N)=N[C@](C)(c2cc(/C=C(\F)c3cc(F)c(C#N)cn3)ccc2F)CS1(O)O. The molecule has 2 aromatic rings. The lowest BCUT2D eigenvalue weighted by molar-refractivity contribution is 0.391. The molecule has 1 aromatic heterocycles. The van der Waals surface area contributed by atoms with Gasteiger partial charge in [-0.1, -0.05) is 6.07 Å². The summed E-state index contributed by atoms with van der Waals surface area (Å²) in [5, 5.41) is 8.73. The highest BCUT2D eigenvalue weighted by atomic mass is 32.3. The largest absolute Gasteiger partial charge is 0.369 e. The molecule has 158 valence electrons. The Morgan fingerprint density at radius 3 is 2.63 bits per heavy atom. The molecule has 0 bridgehead atoms. The maximum atomic E-state index is 14.6. The van der Waals surface area contributed by atoms with Crippen molar-refractivity contribution in [3.8, 4) is 6.07 Å². The van der Waals surface area contributed by atoms with Gasteiger partial charge in [0, 0.05) is 24.9 Å². The molecular formula is C19H18F3N5O2S. The summed E-state index contributed by atoms with van der Waals surface area (Å²) in [6, 6.07) is 6.05. The van der Waals surface area contributed by atoms with Crippen molar-refractivity contribution in [2.75, 3.05) is 12.8 Å². The van der Waals surface area contributed by atoms with Gasteiger partial charge in [0.2, 0.25) is 5.96 Å². The van der Waals surface area contributed by atoms with E-state index in [2.05, 4.69) is 9.98 Å². The van der Waals surface area contributed by atoms with E-state index < -0.39 is 33.8 Å². The number of halogens is 3. The van der Waals surface area contributed by atoms with E-state index in [0.717, 1.165) is 28.7 Å². The molecule has 4 N–H and O–H groups in total. The number of rotatable bonds is 3. The molecule has 0 spiro atoms. The van der Waals surface area contributed by atoms with Crippen LogP contribution >= 0.6 is 10.8 Å². The van der Waals surface area contributed by atoms with Gasteiger partial charge in [-0.15, -0.1) is 10.8 Å². The second kappa shape index (κ2) is 7.64. The zero-order chi connectivity index (χ0) is 22.3. The van der Waals surface area contributed by atoms with E-state index in [1.54, 1.807) is 6.07 Å². The molecule has 2 heterocycles. The minimum absolute atomic E-state index is 0.0148. The van der Waals surface area contributed by atoms with Crippen LogP contribution in [0.2, 0.25) is 0 Å². The molecule has 1 aliphatic heterocycles. The summed E-state index contributed by atoms with van der Waals surface area (Å²) in [6.45, 7) is 1.49. The van der Waals surface area contributed by atoms with E-state index in [9.17, 15) is 22.3 Å². The average molecular weight is 437 g/mol. The number of nitrogens with two attached hydrogens (primary N) is 1. The van der Waals surface area contributed by atoms with Crippen molar-refractivity contribution in [3.63, 3.8) is 0 Å².